The Morgan fingerprint density at radius 1 is 1.62 bits per heavy atom. The molecule has 1 N–H and O–H groups in total. The standard InChI is InChI=1S/C9H15N3O/c1-8(13-2)5-11-6-9-3-4-10-7-12-9/h3-4,7-8,11H,5-6H2,1-2H3. The predicted octanol–water partition coefficient (Wildman–Crippen LogP) is 0.601. The minimum absolute atomic E-state index is 0.238. The number of aromatic nitrogens is 2. The highest BCUT2D eigenvalue weighted by Crippen LogP contribution is 1.90. The Balaban J connectivity index is 2.20. The zero-order valence-corrected chi connectivity index (χ0v) is 8.03. The fourth-order valence-electron chi connectivity index (χ4n) is 0.909. The summed E-state index contributed by atoms with van der Waals surface area (Å²) in [4.78, 5) is 7.93. The van der Waals surface area contributed by atoms with E-state index in [1.807, 2.05) is 13.0 Å². The maximum absolute atomic E-state index is 5.09. The molecule has 0 radical (unpaired) electrons. The second kappa shape index (κ2) is 5.61. The first kappa shape index (κ1) is 10.1. The first-order valence-electron chi connectivity index (χ1n) is 4.31. The summed E-state index contributed by atoms with van der Waals surface area (Å²) >= 11 is 0. The zero-order chi connectivity index (χ0) is 9.52. The van der Waals surface area contributed by atoms with Crippen LogP contribution in [-0.4, -0.2) is 29.7 Å². The molecule has 1 atom stereocenters. The van der Waals surface area contributed by atoms with Gasteiger partial charge in [-0.1, -0.05) is 0 Å². The Hall–Kier alpha value is -1.00. The van der Waals surface area contributed by atoms with Crippen molar-refractivity contribution in [2.24, 2.45) is 0 Å². The molecule has 1 unspecified atom stereocenters. The summed E-state index contributed by atoms with van der Waals surface area (Å²) in [5, 5.41) is 3.24. The highest BCUT2D eigenvalue weighted by atomic mass is 16.5. The lowest BCUT2D eigenvalue weighted by molar-refractivity contribution is 0.117. The number of rotatable bonds is 5. The molecule has 4 heteroatoms. The third-order valence-electron chi connectivity index (χ3n) is 1.78. The molecule has 4 nitrogen and oxygen atoms in total. The van der Waals surface area contributed by atoms with Crippen LogP contribution in [0.5, 0.6) is 0 Å². The van der Waals surface area contributed by atoms with Gasteiger partial charge in [0, 0.05) is 26.4 Å². The molecule has 1 heterocycles. The van der Waals surface area contributed by atoms with Gasteiger partial charge in [0.15, 0.2) is 0 Å². The topological polar surface area (TPSA) is 47.0 Å². The van der Waals surface area contributed by atoms with E-state index in [1.165, 1.54) is 0 Å². The molecular formula is C9H15N3O. The van der Waals surface area contributed by atoms with E-state index in [0.717, 1.165) is 18.8 Å². The number of hydrogen-bond donors (Lipinski definition) is 1. The average molecular weight is 181 g/mol. The average Bonchev–Trinajstić information content (AvgIpc) is 2.19. The Morgan fingerprint density at radius 2 is 2.46 bits per heavy atom. The van der Waals surface area contributed by atoms with Gasteiger partial charge in [0.2, 0.25) is 0 Å². The quantitative estimate of drug-likeness (QED) is 0.722. The van der Waals surface area contributed by atoms with Crippen LogP contribution < -0.4 is 5.32 Å². The van der Waals surface area contributed by atoms with Crippen molar-refractivity contribution in [3.63, 3.8) is 0 Å². The van der Waals surface area contributed by atoms with Gasteiger partial charge in [-0.15, -0.1) is 0 Å². The van der Waals surface area contributed by atoms with Crippen molar-refractivity contribution in [3.05, 3.63) is 24.3 Å². The first-order chi connectivity index (χ1) is 6.33. The van der Waals surface area contributed by atoms with Crippen LogP contribution in [-0.2, 0) is 11.3 Å². The Bertz CT molecular complexity index is 228. The first-order valence-corrected chi connectivity index (χ1v) is 4.31. The molecule has 1 aromatic rings. The summed E-state index contributed by atoms with van der Waals surface area (Å²) in [7, 11) is 1.71. The molecule has 0 fully saturated rings. The Morgan fingerprint density at radius 3 is 3.08 bits per heavy atom. The van der Waals surface area contributed by atoms with E-state index < -0.39 is 0 Å². The third kappa shape index (κ3) is 3.96. The van der Waals surface area contributed by atoms with Gasteiger partial charge in [-0.25, -0.2) is 9.97 Å². The van der Waals surface area contributed by atoms with Crippen LogP contribution in [0, 0.1) is 0 Å². The van der Waals surface area contributed by atoms with Crippen LogP contribution in [0.1, 0.15) is 12.6 Å². The van der Waals surface area contributed by atoms with Crippen LogP contribution in [0.2, 0.25) is 0 Å². The molecule has 0 saturated carbocycles. The summed E-state index contributed by atoms with van der Waals surface area (Å²) in [6.45, 7) is 3.61. The molecule has 0 aliphatic heterocycles. The normalized spacial score (nSPS) is 12.8. The van der Waals surface area contributed by atoms with Crippen molar-refractivity contribution in [2.75, 3.05) is 13.7 Å². The molecule has 1 rings (SSSR count). The Labute approximate surface area is 78.4 Å². The minimum Gasteiger partial charge on any atom is -0.380 e. The molecular weight excluding hydrogens is 166 g/mol. The summed E-state index contributed by atoms with van der Waals surface area (Å²) in [5.74, 6) is 0. The predicted molar refractivity (Wildman–Crippen MR) is 50.2 cm³/mol. The summed E-state index contributed by atoms with van der Waals surface area (Å²) in [6.07, 6.45) is 3.53. The van der Waals surface area contributed by atoms with Crippen molar-refractivity contribution < 1.29 is 4.74 Å². The minimum atomic E-state index is 0.238. The molecule has 0 spiro atoms. The van der Waals surface area contributed by atoms with Crippen molar-refractivity contribution in [3.8, 4) is 0 Å². The lowest BCUT2D eigenvalue weighted by atomic mass is 10.3. The monoisotopic (exact) mass is 181 g/mol. The molecule has 72 valence electrons. The summed E-state index contributed by atoms with van der Waals surface area (Å²) < 4.78 is 5.09. The van der Waals surface area contributed by atoms with Crippen LogP contribution in [0.25, 0.3) is 0 Å². The van der Waals surface area contributed by atoms with Crippen LogP contribution in [0.15, 0.2) is 18.6 Å². The highest BCUT2D eigenvalue weighted by molar-refractivity contribution is 4.96. The second-order valence-electron chi connectivity index (χ2n) is 2.88. The maximum atomic E-state index is 5.09. The summed E-state index contributed by atoms with van der Waals surface area (Å²) in [5.41, 5.74) is 0.998. The van der Waals surface area contributed by atoms with Crippen LogP contribution in [0.4, 0.5) is 0 Å². The second-order valence-corrected chi connectivity index (χ2v) is 2.88. The van der Waals surface area contributed by atoms with Crippen molar-refractivity contribution in [2.45, 2.75) is 19.6 Å². The number of ether oxygens (including phenoxy) is 1. The van der Waals surface area contributed by atoms with Crippen molar-refractivity contribution >= 4 is 0 Å². The molecule has 0 bridgehead atoms. The SMILES string of the molecule is COC(C)CNCc1ccncn1. The summed E-state index contributed by atoms with van der Waals surface area (Å²) in [6, 6.07) is 1.89. The van der Waals surface area contributed by atoms with E-state index in [9.17, 15) is 0 Å². The molecule has 0 saturated heterocycles. The lowest BCUT2D eigenvalue weighted by Gasteiger charge is -2.09. The van der Waals surface area contributed by atoms with Gasteiger partial charge < -0.3 is 10.1 Å². The fraction of sp³-hybridized carbons (Fsp3) is 0.556. The molecule has 0 aliphatic carbocycles. The molecule has 0 amide bonds. The molecule has 1 aromatic heterocycles. The number of methoxy groups -OCH3 is 1. The fourth-order valence-corrected chi connectivity index (χ4v) is 0.909. The maximum Gasteiger partial charge on any atom is 0.115 e. The van der Waals surface area contributed by atoms with Crippen molar-refractivity contribution in [1.82, 2.24) is 15.3 Å². The number of hydrogen-bond acceptors (Lipinski definition) is 4. The number of nitrogens with one attached hydrogen (secondary N) is 1. The van der Waals surface area contributed by atoms with E-state index in [4.69, 9.17) is 4.74 Å². The van der Waals surface area contributed by atoms with E-state index in [0.29, 0.717) is 0 Å². The molecule has 13 heavy (non-hydrogen) atoms. The van der Waals surface area contributed by atoms with Gasteiger partial charge in [-0.3, -0.25) is 0 Å². The van der Waals surface area contributed by atoms with Gasteiger partial charge in [-0.2, -0.15) is 0 Å². The van der Waals surface area contributed by atoms with E-state index in [2.05, 4.69) is 15.3 Å². The van der Waals surface area contributed by atoms with E-state index >= 15 is 0 Å². The zero-order valence-electron chi connectivity index (χ0n) is 8.03. The largest absolute Gasteiger partial charge is 0.380 e. The van der Waals surface area contributed by atoms with Crippen LogP contribution in [0.3, 0.4) is 0 Å². The van der Waals surface area contributed by atoms with Gasteiger partial charge in [-0.05, 0) is 13.0 Å². The van der Waals surface area contributed by atoms with E-state index in [-0.39, 0.29) is 6.10 Å². The highest BCUT2D eigenvalue weighted by Gasteiger charge is 1.98. The van der Waals surface area contributed by atoms with Gasteiger partial charge >= 0.3 is 0 Å². The molecule has 0 aromatic carbocycles. The van der Waals surface area contributed by atoms with Gasteiger partial charge in [0.25, 0.3) is 0 Å². The Kier molecular flexibility index (Phi) is 4.35. The third-order valence-corrected chi connectivity index (χ3v) is 1.78. The van der Waals surface area contributed by atoms with Crippen molar-refractivity contribution in [1.29, 1.82) is 0 Å². The number of nitrogens with zero attached hydrogens (tertiary/aromatic N) is 2. The van der Waals surface area contributed by atoms with Crippen LogP contribution >= 0.6 is 0 Å². The smallest absolute Gasteiger partial charge is 0.115 e. The molecule has 0 aliphatic rings. The van der Waals surface area contributed by atoms with E-state index in [1.54, 1.807) is 19.6 Å². The lowest BCUT2D eigenvalue weighted by Crippen LogP contribution is -2.25. The van der Waals surface area contributed by atoms with Gasteiger partial charge in [0.1, 0.15) is 6.33 Å². The van der Waals surface area contributed by atoms with Gasteiger partial charge in [0.05, 0.1) is 11.8 Å².